The minimum Gasteiger partial charge on any atom is -0.465 e. The average Bonchev–Trinajstić information content (AvgIpc) is 3.43. The lowest BCUT2D eigenvalue weighted by Gasteiger charge is -2.24. The van der Waals surface area contributed by atoms with E-state index in [1.807, 2.05) is 0 Å². The third kappa shape index (κ3) is 14.0. The number of carbonyl (C=O) groups excluding carboxylic acids is 6. The molecule has 6 amide bonds. The van der Waals surface area contributed by atoms with E-state index >= 15 is 0 Å². The Balaban J connectivity index is 1.51. The summed E-state index contributed by atoms with van der Waals surface area (Å²) < 4.78 is 5.26. The molecule has 3 rings (SSSR count). The Morgan fingerprint density at radius 1 is 0.808 bits per heavy atom. The van der Waals surface area contributed by atoms with Gasteiger partial charge in [0.1, 0.15) is 6.61 Å². The summed E-state index contributed by atoms with van der Waals surface area (Å²) in [6.07, 6.45) is 2.68. The summed E-state index contributed by atoms with van der Waals surface area (Å²) in [5.74, 6) is -2.89. The van der Waals surface area contributed by atoms with Gasteiger partial charge in [-0.15, -0.1) is 0 Å². The highest BCUT2D eigenvalue weighted by molar-refractivity contribution is 6.12. The van der Waals surface area contributed by atoms with Crippen molar-refractivity contribution in [2.24, 2.45) is 11.8 Å². The molecule has 0 aliphatic carbocycles. The fourth-order valence-electron chi connectivity index (χ4n) is 5.41. The van der Waals surface area contributed by atoms with Crippen molar-refractivity contribution in [2.45, 2.75) is 78.0 Å². The van der Waals surface area contributed by atoms with Crippen molar-refractivity contribution < 1.29 is 48.5 Å². The second kappa shape index (κ2) is 20.9. The van der Waals surface area contributed by atoms with Crippen LogP contribution in [-0.2, 0) is 41.9 Å². The predicted octanol–water partition coefficient (Wildman–Crippen LogP) is 4.12. The molecular formula is C37H47N5O10. The van der Waals surface area contributed by atoms with Crippen molar-refractivity contribution in [3.05, 3.63) is 71.8 Å². The molecule has 0 bridgehead atoms. The number of nitrogens with one attached hydrogen (secondary N) is 4. The van der Waals surface area contributed by atoms with E-state index in [0.29, 0.717) is 48.2 Å². The summed E-state index contributed by atoms with van der Waals surface area (Å²) >= 11 is 0. The molecule has 0 saturated heterocycles. The van der Waals surface area contributed by atoms with Gasteiger partial charge in [-0.1, -0.05) is 44.5 Å². The van der Waals surface area contributed by atoms with Gasteiger partial charge in [-0.3, -0.25) is 34.2 Å². The van der Waals surface area contributed by atoms with Crippen LogP contribution in [0.5, 0.6) is 0 Å². The number of carbonyl (C=O) groups is 7. The third-order valence-corrected chi connectivity index (χ3v) is 8.31. The van der Waals surface area contributed by atoms with Crippen LogP contribution in [-0.4, -0.2) is 75.8 Å². The van der Waals surface area contributed by atoms with E-state index in [2.05, 4.69) is 21.3 Å². The number of hydrogen-bond donors (Lipinski definition) is 6. The van der Waals surface area contributed by atoms with Gasteiger partial charge in [-0.05, 0) is 67.0 Å². The van der Waals surface area contributed by atoms with E-state index in [9.17, 15) is 33.6 Å². The fourth-order valence-corrected chi connectivity index (χ4v) is 5.41. The van der Waals surface area contributed by atoms with Crippen LogP contribution in [0, 0.1) is 11.8 Å². The number of nitrogens with zero attached hydrogens (tertiary/aromatic N) is 1. The molecule has 15 nitrogen and oxygen atoms in total. The molecule has 6 N–H and O–H groups in total. The van der Waals surface area contributed by atoms with E-state index in [1.165, 1.54) is 12.2 Å². The van der Waals surface area contributed by atoms with Crippen LogP contribution in [0.25, 0.3) is 0 Å². The zero-order chi connectivity index (χ0) is 38.0. The molecule has 2 aromatic rings. The Morgan fingerprint density at radius 3 is 2.02 bits per heavy atom. The van der Waals surface area contributed by atoms with Crippen LogP contribution in [0.3, 0.4) is 0 Å². The topological polar surface area (TPSA) is 221 Å². The summed E-state index contributed by atoms with van der Waals surface area (Å²) in [7, 11) is 0. The van der Waals surface area contributed by atoms with Gasteiger partial charge < -0.3 is 30.9 Å². The van der Waals surface area contributed by atoms with E-state index < -0.39 is 30.1 Å². The number of amides is 6. The molecule has 280 valence electrons. The first-order chi connectivity index (χ1) is 24.9. The number of carboxylic acid groups (broad SMARTS) is 1. The zero-order valence-electron chi connectivity index (χ0n) is 29.4. The van der Waals surface area contributed by atoms with Crippen LogP contribution in [0.15, 0.2) is 60.7 Å². The lowest BCUT2D eigenvalue weighted by atomic mass is 9.89. The van der Waals surface area contributed by atoms with Gasteiger partial charge in [0.2, 0.25) is 11.8 Å². The van der Waals surface area contributed by atoms with Gasteiger partial charge in [-0.25, -0.2) is 9.59 Å². The fraction of sp³-hybridized carbons (Fsp3) is 0.432. The van der Waals surface area contributed by atoms with Crippen molar-refractivity contribution in [1.29, 1.82) is 0 Å². The highest BCUT2D eigenvalue weighted by Gasteiger charge is 2.29. The minimum atomic E-state index is -1.20. The third-order valence-electron chi connectivity index (χ3n) is 8.31. The molecule has 0 saturated carbocycles. The van der Waals surface area contributed by atoms with Gasteiger partial charge in [-0.2, -0.15) is 0 Å². The summed E-state index contributed by atoms with van der Waals surface area (Å²) in [5, 5.41) is 28.5. The van der Waals surface area contributed by atoms with E-state index in [1.54, 1.807) is 62.4 Å². The highest BCUT2D eigenvalue weighted by Crippen LogP contribution is 2.20. The number of rotatable bonds is 21. The molecular weight excluding hydrogens is 674 g/mol. The van der Waals surface area contributed by atoms with Crippen molar-refractivity contribution in [1.82, 2.24) is 15.5 Å². The van der Waals surface area contributed by atoms with Gasteiger partial charge in [0.25, 0.3) is 11.8 Å². The largest absolute Gasteiger partial charge is 0.465 e. The van der Waals surface area contributed by atoms with Gasteiger partial charge >= 0.3 is 12.2 Å². The molecule has 0 spiro atoms. The molecule has 52 heavy (non-hydrogen) atoms. The lowest BCUT2D eigenvalue weighted by Crippen LogP contribution is -2.45. The number of anilines is 2. The van der Waals surface area contributed by atoms with Crippen LogP contribution in [0.1, 0.15) is 69.9 Å². The molecule has 15 heteroatoms. The molecule has 2 atom stereocenters. The first-order valence-electron chi connectivity index (χ1n) is 17.2. The maximum absolute atomic E-state index is 13.5. The first-order valence-corrected chi connectivity index (χ1v) is 17.2. The molecule has 0 unspecified atom stereocenters. The number of unbranched alkanes of at least 4 members (excludes halogenated alkanes) is 2. The Kier molecular flexibility index (Phi) is 16.5. The standard InChI is InChI=1S/C37H47N5O10/c1-24(2)34(41-31(45)8-4-3-5-20-42-32(46)17-18-33(42)47)30(44)21-27(7-6-19-38-36(49)50)35(48)39-28-15-11-26(12-16-28)23-52-37(51)40-29-13-9-25(22-43)10-14-29/h9-18,24,27,34,38,43H,3-8,19-23H2,1-2H3,(H,39,48)(H,40,51)(H,41,45)(H,49,50)/t27-,34+/m1/s1. The number of ketones is 1. The Hall–Kier alpha value is -5.57. The number of Topliss-reactive ketones (excluding diaryl/α,β-unsaturated/α-hetero) is 1. The van der Waals surface area contributed by atoms with E-state index in [0.717, 1.165) is 4.90 Å². The molecule has 0 aromatic heterocycles. The number of benzene rings is 2. The summed E-state index contributed by atoms with van der Waals surface area (Å²) in [6, 6.07) is 12.4. The molecule has 1 heterocycles. The normalized spacial score (nSPS) is 13.4. The maximum Gasteiger partial charge on any atom is 0.411 e. The monoisotopic (exact) mass is 721 g/mol. The summed E-state index contributed by atoms with van der Waals surface area (Å²) in [5.41, 5.74) is 2.30. The number of hydrogen-bond acceptors (Lipinski definition) is 9. The minimum absolute atomic E-state index is 0.0386. The summed E-state index contributed by atoms with van der Waals surface area (Å²) in [6.45, 7) is 3.79. The van der Waals surface area contributed by atoms with Gasteiger partial charge in [0, 0.05) is 55.4 Å². The van der Waals surface area contributed by atoms with E-state index in [4.69, 9.17) is 14.9 Å². The molecule has 1 aliphatic rings. The SMILES string of the molecule is CC(C)[C@H](NC(=O)CCCCCN1C(=O)C=CC1=O)C(=O)C[C@@H](CCCNC(=O)O)C(=O)Nc1ccc(COC(=O)Nc2ccc(CO)cc2)cc1. The van der Waals surface area contributed by atoms with Gasteiger partial charge in [0.05, 0.1) is 12.6 Å². The predicted molar refractivity (Wildman–Crippen MR) is 191 cm³/mol. The Morgan fingerprint density at radius 2 is 1.42 bits per heavy atom. The number of imide groups is 1. The average molecular weight is 722 g/mol. The first kappa shape index (κ1) is 40.9. The second-order valence-corrected chi connectivity index (χ2v) is 12.7. The Labute approximate surface area is 302 Å². The van der Waals surface area contributed by atoms with Crippen molar-refractivity contribution in [2.75, 3.05) is 23.7 Å². The van der Waals surface area contributed by atoms with Crippen LogP contribution >= 0.6 is 0 Å². The highest BCUT2D eigenvalue weighted by atomic mass is 16.5. The molecule has 1 aliphatic heterocycles. The summed E-state index contributed by atoms with van der Waals surface area (Å²) in [4.78, 5) is 87.3. The smallest absolute Gasteiger partial charge is 0.411 e. The number of aliphatic hydroxyl groups excluding tert-OH is 1. The maximum atomic E-state index is 13.5. The number of ether oxygens (including phenoxy) is 1. The quantitative estimate of drug-likeness (QED) is 0.0800. The second-order valence-electron chi connectivity index (χ2n) is 12.7. The molecule has 0 radical (unpaired) electrons. The van der Waals surface area contributed by atoms with Gasteiger partial charge in [0.15, 0.2) is 5.78 Å². The Bertz CT molecular complexity index is 1570. The van der Waals surface area contributed by atoms with Crippen LogP contribution in [0.4, 0.5) is 21.0 Å². The van der Waals surface area contributed by atoms with E-state index in [-0.39, 0.29) is 75.0 Å². The number of aliphatic hydroxyl groups is 1. The van der Waals surface area contributed by atoms with Crippen LogP contribution in [0.2, 0.25) is 0 Å². The van der Waals surface area contributed by atoms with Crippen molar-refractivity contribution in [3.63, 3.8) is 0 Å². The zero-order valence-corrected chi connectivity index (χ0v) is 29.4. The lowest BCUT2D eigenvalue weighted by molar-refractivity contribution is -0.137. The van der Waals surface area contributed by atoms with Crippen molar-refractivity contribution >= 4 is 53.0 Å². The molecule has 0 fully saturated rings. The van der Waals surface area contributed by atoms with Crippen molar-refractivity contribution in [3.8, 4) is 0 Å². The molecule has 2 aromatic carbocycles. The van der Waals surface area contributed by atoms with Crippen LogP contribution < -0.4 is 21.3 Å².